The third-order valence-electron chi connectivity index (χ3n) is 4.17. The first-order valence-corrected chi connectivity index (χ1v) is 8.49. The van der Waals surface area contributed by atoms with Crippen LogP contribution in [0.1, 0.15) is 36.2 Å². The fourth-order valence-corrected chi connectivity index (χ4v) is 4.80. The molecule has 1 aromatic heterocycles. The topological polar surface area (TPSA) is 99.7 Å². The highest BCUT2D eigenvalue weighted by Crippen LogP contribution is 2.32. The normalized spacial score (nSPS) is 27.2. The predicted molar refractivity (Wildman–Crippen MR) is 73.6 cm³/mol. The summed E-state index contributed by atoms with van der Waals surface area (Å²) >= 11 is 0. The molecule has 1 aliphatic carbocycles. The summed E-state index contributed by atoms with van der Waals surface area (Å²) in [6, 6.07) is 1.03. The summed E-state index contributed by atoms with van der Waals surface area (Å²) in [4.78, 5) is 13.4. The van der Waals surface area contributed by atoms with Crippen molar-refractivity contribution in [3.63, 3.8) is 0 Å². The van der Waals surface area contributed by atoms with Crippen LogP contribution in [-0.2, 0) is 14.8 Å². The lowest BCUT2D eigenvalue weighted by Gasteiger charge is -2.42. The summed E-state index contributed by atoms with van der Waals surface area (Å²) < 4.78 is 32.6. The highest BCUT2D eigenvalue weighted by atomic mass is 32.2. The van der Waals surface area contributed by atoms with Gasteiger partial charge in [-0.05, 0) is 18.9 Å². The SMILES string of the molecule is O=C(O)c1cc(S(=O)(=O)N2CCOC3CCCCC32)c[nH]1. The number of H-pyrrole nitrogens is 1. The van der Waals surface area contributed by atoms with Crippen molar-refractivity contribution in [3.05, 3.63) is 18.0 Å². The van der Waals surface area contributed by atoms with E-state index in [1.54, 1.807) is 0 Å². The molecular weight excluding hydrogens is 296 g/mol. The summed E-state index contributed by atoms with van der Waals surface area (Å²) in [6.45, 7) is 0.702. The zero-order chi connectivity index (χ0) is 15.0. The molecule has 0 spiro atoms. The minimum Gasteiger partial charge on any atom is -0.477 e. The lowest BCUT2D eigenvalue weighted by molar-refractivity contribution is -0.0586. The molecule has 8 heteroatoms. The molecule has 0 amide bonds. The summed E-state index contributed by atoms with van der Waals surface area (Å²) in [6.07, 6.45) is 4.92. The Morgan fingerprint density at radius 3 is 2.86 bits per heavy atom. The summed E-state index contributed by atoms with van der Waals surface area (Å²) in [5.74, 6) is -1.17. The van der Waals surface area contributed by atoms with E-state index in [1.165, 1.54) is 16.6 Å². The largest absolute Gasteiger partial charge is 0.477 e. The maximum absolute atomic E-state index is 12.7. The van der Waals surface area contributed by atoms with Crippen molar-refractivity contribution < 1.29 is 23.1 Å². The summed E-state index contributed by atoms with van der Waals surface area (Å²) in [7, 11) is -3.69. The first-order valence-electron chi connectivity index (χ1n) is 7.05. The second-order valence-corrected chi connectivity index (χ2v) is 7.32. The van der Waals surface area contributed by atoms with Gasteiger partial charge in [0.25, 0.3) is 0 Å². The number of aromatic nitrogens is 1. The number of morpholine rings is 1. The van der Waals surface area contributed by atoms with Crippen molar-refractivity contribution in [2.75, 3.05) is 13.2 Å². The number of rotatable bonds is 3. The Bertz CT molecular complexity index is 637. The van der Waals surface area contributed by atoms with Gasteiger partial charge in [-0.25, -0.2) is 13.2 Å². The van der Waals surface area contributed by atoms with Gasteiger partial charge in [0.15, 0.2) is 0 Å². The third kappa shape index (κ3) is 2.58. The van der Waals surface area contributed by atoms with E-state index in [-0.39, 0.29) is 22.7 Å². The molecule has 1 saturated heterocycles. The summed E-state index contributed by atoms with van der Waals surface area (Å²) in [5, 5.41) is 8.90. The van der Waals surface area contributed by atoms with Crippen LogP contribution in [0.3, 0.4) is 0 Å². The number of sulfonamides is 1. The molecular formula is C13H18N2O5S. The number of nitrogens with zero attached hydrogens (tertiary/aromatic N) is 1. The van der Waals surface area contributed by atoms with Gasteiger partial charge in [0, 0.05) is 12.7 Å². The Balaban J connectivity index is 1.90. The van der Waals surface area contributed by atoms with Crippen LogP contribution in [-0.4, -0.2) is 54.1 Å². The lowest BCUT2D eigenvalue weighted by Crippen LogP contribution is -2.54. The maximum atomic E-state index is 12.7. The molecule has 2 fully saturated rings. The number of aromatic amines is 1. The highest BCUT2D eigenvalue weighted by molar-refractivity contribution is 7.89. The predicted octanol–water partition coefficient (Wildman–Crippen LogP) is 1.04. The van der Waals surface area contributed by atoms with Crippen LogP contribution in [0.2, 0.25) is 0 Å². The molecule has 2 N–H and O–H groups in total. The van der Waals surface area contributed by atoms with E-state index < -0.39 is 16.0 Å². The van der Waals surface area contributed by atoms with Gasteiger partial charge in [0.2, 0.25) is 10.0 Å². The van der Waals surface area contributed by atoms with E-state index in [2.05, 4.69) is 4.98 Å². The Morgan fingerprint density at radius 1 is 1.38 bits per heavy atom. The third-order valence-corrected chi connectivity index (χ3v) is 6.08. The number of nitrogens with one attached hydrogen (secondary N) is 1. The van der Waals surface area contributed by atoms with Crippen molar-refractivity contribution in [3.8, 4) is 0 Å². The first kappa shape index (κ1) is 14.6. The zero-order valence-corrected chi connectivity index (χ0v) is 12.3. The lowest BCUT2D eigenvalue weighted by atomic mass is 9.91. The van der Waals surface area contributed by atoms with Gasteiger partial charge in [0.1, 0.15) is 10.6 Å². The highest BCUT2D eigenvalue weighted by Gasteiger charge is 2.41. The molecule has 1 saturated carbocycles. The van der Waals surface area contributed by atoms with Gasteiger partial charge in [-0.3, -0.25) is 0 Å². The Kier molecular flexibility index (Phi) is 3.76. The average molecular weight is 314 g/mol. The molecule has 0 radical (unpaired) electrons. The van der Waals surface area contributed by atoms with Crippen molar-refractivity contribution in [1.82, 2.24) is 9.29 Å². The Hall–Kier alpha value is -1.38. The molecule has 1 aliphatic heterocycles. The molecule has 2 atom stereocenters. The van der Waals surface area contributed by atoms with Crippen molar-refractivity contribution in [1.29, 1.82) is 0 Å². The quantitative estimate of drug-likeness (QED) is 0.868. The van der Waals surface area contributed by atoms with Gasteiger partial charge < -0.3 is 14.8 Å². The number of fused-ring (bicyclic) bond motifs is 1. The maximum Gasteiger partial charge on any atom is 0.352 e. The number of ether oxygens (including phenoxy) is 1. The fourth-order valence-electron chi connectivity index (χ4n) is 3.14. The van der Waals surface area contributed by atoms with E-state index in [0.717, 1.165) is 25.7 Å². The van der Waals surface area contributed by atoms with Crippen LogP contribution in [0.15, 0.2) is 17.2 Å². The van der Waals surface area contributed by atoms with Crippen molar-refractivity contribution >= 4 is 16.0 Å². The zero-order valence-electron chi connectivity index (χ0n) is 11.5. The standard InChI is InChI=1S/C13H18N2O5S/c16-13(17)10-7-9(8-14-10)21(18,19)15-5-6-20-12-4-2-1-3-11(12)15/h7-8,11-12,14H,1-6H2,(H,16,17). The average Bonchev–Trinajstić information content (AvgIpc) is 2.97. The second-order valence-electron chi connectivity index (χ2n) is 5.43. The Labute approximate surface area is 123 Å². The van der Waals surface area contributed by atoms with E-state index in [0.29, 0.717) is 13.2 Å². The second kappa shape index (κ2) is 5.43. The van der Waals surface area contributed by atoms with Gasteiger partial charge in [-0.2, -0.15) is 4.31 Å². The molecule has 7 nitrogen and oxygen atoms in total. The van der Waals surface area contributed by atoms with Gasteiger partial charge in [-0.1, -0.05) is 12.8 Å². The Morgan fingerprint density at radius 2 is 2.14 bits per heavy atom. The number of carbonyl (C=O) groups is 1. The summed E-state index contributed by atoms with van der Waals surface area (Å²) in [5.41, 5.74) is -0.123. The molecule has 2 heterocycles. The number of hydrogen-bond donors (Lipinski definition) is 2. The number of hydrogen-bond acceptors (Lipinski definition) is 4. The molecule has 3 rings (SSSR count). The molecule has 116 valence electrons. The van der Waals surface area contributed by atoms with E-state index in [9.17, 15) is 13.2 Å². The number of carboxylic acids is 1. The van der Waals surface area contributed by atoms with Crippen LogP contribution in [0.5, 0.6) is 0 Å². The van der Waals surface area contributed by atoms with Gasteiger partial charge in [0.05, 0.1) is 18.8 Å². The van der Waals surface area contributed by atoms with Crippen molar-refractivity contribution in [2.24, 2.45) is 0 Å². The van der Waals surface area contributed by atoms with E-state index >= 15 is 0 Å². The number of carboxylic acid groups (broad SMARTS) is 1. The van der Waals surface area contributed by atoms with Crippen LogP contribution in [0, 0.1) is 0 Å². The molecule has 2 unspecified atom stereocenters. The first-order chi connectivity index (χ1) is 10.00. The monoisotopic (exact) mass is 314 g/mol. The number of aromatic carboxylic acids is 1. The van der Waals surface area contributed by atoms with Crippen LogP contribution in [0.4, 0.5) is 0 Å². The molecule has 0 aromatic carbocycles. The van der Waals surface area contributed by atoms with Crippen LogP contribution >= 0.6 is 0 Å². The molecule has 21 heavy (non-hydrogen) atoms. The van der Waals surface area contributed by atoms with Gasteiger partial charge in [-0.15, -0.1) is 0 Å². The van der Waals surface area contributed by atoms with E-state index in [1.807, 2.05) is 0 Å². The molecule has 2 aliphatic rings. The van der Waals surface area contributed by atoms with Crippen LogP contribution in [0.25, 0.3) is 0 Å². The van der Waals surface area contributed by atoms with Crippen molar-refractivity contribution in [2.45, 2.75) is 42.7 Å². The van der Waals surface area contributed by atoms with E-state index in [4.69, 9.17) is 9.84 Å². The van der Waals surface area contributed by atoms with Gasteiger partial charge >= 0.3 is 5.97 Å². The van der Waals surface area contributed by atoms with Crippen LogP contribution < -0.4 is 0 Å². The minimum absolute atomic E-state index is 0.00567. The fraction of sp³-hybridized carbons (Fsp3) is 0.615. The molecule has 1 aromatic rings. The smallest absolute Gasteiger partial charge is 0.352 e. The minimum atomic E-state index is -3.69. The molecule has 0 bridgehead atoms.